The highest BCUT2D eigenvalue weighted by molar-refractivity contribution is 5.77. The number of hydrogen-bond acceptors (Lipinski definition) is 5. The Labute approximate surface area is 378 Å². The van der Waals surface area contributed by atoms with Crippen molar-refractivity contribution in [1.82, 2.24) is 5.32 Å². The minimum Gasteiger partial charge on any atom is -0.462 e. The molecule has 354 valence electrons. The number of unbranched alkanes of at least 4 members (excludes halogenated alkanes) is 25. The van der Waals surface area contributed by atoms with Crippen LogP contribution in [0, 0.1) is 0 Å². The second kappa shape index (κ2) is 48.6. The third-order valence-electron chi connectivity index (χ3n) is 11.6. The average molecular weight is 854 g/mol. The van der Waals surface area contributed by atoms with Gasteiger partial charge in [-0.2, -0.15) is 0 Å². The smallest absolute Gasteiger partial charge is 0.306 e. The molecule has 3 atom stereocenters. The van der Waals surface area contributed by atoms with E-state index in [-0.39, 0.29) is 24.9 Å². The zero-order chi connectivity index (χ0) is 44.5. The van der Waals surface area contributed by atoms with Crippen molar-refractivity contribution in [2.45, 2.75) is 270 Å². The van der Waals surface area contributed by atoms with E-state index in [4.69, 9.17) is 4.74 Å². The van der Waals surface area contributed by atoms with Crippen LogP contribution in [0.15, 0.2) is 60.8 Å². The summed E-state index contributed by atoms with van der Waals surface area (Å²) in [5.74, 6) is -0.508. The van der Waals surface area contributed by atoms with E-state index in [2.05, 4.69) is 86.8 Å². The number of carbonyl (C=O) groups is 2. The molecule has 0 aliphatic heterocycles. The Balaban J connectivity index is 4.59. The molecule has 6 nitrogen and oxygen atoms in total. The summed E-state index contributed by atoms with van der Waals surface area (Å²) in [4.78, 5) is 26.1. The lowest BCUT2D eigenvalue weighted by molar-refractivity contribution is -0.151. The second-order valence-electron chi connectivity index (χ2n) is 17.6. The van der Waals surface area contributed by atoms with E-state index < -0.39 is 18.2 Å². The van der Waals surface area contributed by atoms with Gasteiger partial charge in [-0.25, -0.2) is 0 Å². The van der Waals surface area contributed by atoms with Crippen molar-refractivity contribution in [3.8, 4) is 0 Å². The molecule has 0 heterocycles. The Hall–Kier alpha value is -2.44. The minimum absolute atomic E-state index is 0.0574. The third kappa shape index (κ3) is 44.0. The fourth-order valence-electron chi connectivity index (χ4n) is 7.60. The lowest BCUT2D eigenvalue weighted by atomic mass is 10.0. The predicted molar refractivity (Wildman–Crippen MR) is 264 cm³/mol. The zero-order valence-corrected chi connectivity index (χ0v) is 40.3. The Morgan fingerprint density at radius 3 is 1.39 bits per heavy atom. The van der Waals surface area contributed by atoms with Crippen LogP contribution < -0.4 is 5.32 Å². The van der Waals surface area contributed by atoms with Crippen LogP contribution in [0.25, 0.3) is 0 Å². The summed E-state index contributed by atoms with van der Waals surface area (Å²) in [5, 5.41) is 23.7. The molecule has 0 aromatic carbocycles. The molecular formula is C55H99NO5. The maximum absolute atomic E-state index is 13.2. The van der Waals surface area contributed by atoms with Gasteiger partial charge in [-0.1, -0.05) is 210 Å². The number of amides is 1. The molecule has 0 rings (SSSR count). The van der Waals surface area contributed by atoms with Crippen LogP contribution in [-0.4, -0.2) is 46.9 Å². The van der Waals surface area contributed by atoms with Gasteiger partial charge >= 0.3 is 5.97 Å². The van der Waals surface area contributed by atoms with Crippen molar-refractivity contribution in [3.05, 3.63) is 60.8 Å². The van der Waals surface area contributed by atoms with Gasteiger partial charge in [0.05, 0.1) is 25.2 Å². The summed E-state index contributed by atoms with van der Waals surface area (Å²) in [5.41, 5.74) is 0. The standard InChI is InChI=1S/C55H99NO5/c1-4-7-10-13-16-19-22-24-25-26-27-28-29-31-33-36-39-42-45-48-55(60)61-51(46-43-40-37-34-32-30-23-20-17-14-11-8-5-2)49-54(59)56-52(50-57)53(58)47-44-41-38-35-21-18-15-12-9-6-3/h16-17,19-20,23-25,27-28,30,51-53,57-58H,4-15,18,21-22,26,29,31-50H2,1-3H3,(H,56,59)/b19-16-,20-17+,25-24-,28-27-,30-23+. The van der Waals surface area contributed by atoms with Crippen molar-refractivity contribution < 1.29 is 24.5 Å². The van der Waals surface area contributed by atoms with Crippen LogP contribution in [0.4, 0.5) is 0 Å². The van der Waals surface area contributed by atoms with Crippen LogP contribution in [0.3, 0.4) is 0 Å². The average Bonchev–Trinajstić information content (AvgIpc) is 3.25. The lowest BCUT2D eigenvalue weighted by Gasteiger charge is -2.24. The van der Waals surface area contributed by atoms with Gasteiger partial charge in [0.1, 0.15) is 6.10 Å². The number of ether oxygens (including phenoxy) is 1. The largest absolute Gasteiger partial charge is 0.462 e. The highest BCUT2D eigenvalue weighted by atomic mass is 16.5. The predicted octanol–water partition coefficient (Wildman–Crippen LogP) is 15.6. The van der Waals surface area contributed by atoms with E-state index in [0.29, 0.717) is 19.3 Å². The topological polar surface area (TPSA) is 95.9 Å². The number of allylic oxidation sites excluding steroid dienone is 10. The normalized spacial score (nSPS) is 13.7. The van der Waals surface area contributed by atoms with Crippen molar-refractivity contribution in [3.63, 3.8) is 0 Å². The SMILES string of the molecule is CCCCC/C=C\C/C=C\C/C=C\CCCCCCCCC(=O)OC(CCCCCC/C=C/C=C/CCCCC)CC(=O)NC(CO)C(O)CCCCCCCCCCCC. The second-order valence-corrected chi connectivity index (χ2v) is 17.6. The highest BCUT2D eigenvalue weighted by Crippen LogP contribution is 2.17. The first-order chi connectivity index (χ1) is 30.0. The fourth-order valence-corrected chi connectivity index (χ4v) is 7.60. The van der Waals surface area contributed by atoms with Crippen LogP contribution in [0.5, 0.6) is 0 Å². The first kappa shape index (κ1) is 58.6. The van der Waals surface area contributed by atoms with Gasteiger partial charge in [-0.3, -0.25) is 9.59 Å². The number of hydrogen-bond donors (Lipinski definition) is 3. The maximum atomic E-state index is 13.2. The Kier molecular flexibility index (Phi) is 46.6. The van der Waals surface area contributed by atoms with Gasteiger partial charge in [0.25, 0.3) is 0 Å². The lowest BCUT2D eigenvalue weighted by Crippen LogP contribution is -2.46. The molecule has 0 spiro atoms. The summed E-state index contributed by atoms with van der Waals surface area (Å²) >= 11 is 0. The summed E-state index contributed by atoms with van der Waals surface area (Å²) in [6.07, 6.45) is 59.9. The van der Waals surface area contributed by atoms with E-state index in [9.17, 15) is 19.8 Å². The molecule has 0 radical (unpaired) electrons. The van der Waals surface area contributed by atoms with Crippen LogP contribution in [-0.2, 0) is 14.3 Å². The summed E-state index contributed by atoms with van der Waals surface area (Å²) in [6, 6.07) is -0.711. The van der Waals surface area contributed by atoms with E-state index in [1.165, 1.54) is 109 Å². The zero-order valence-electron chi connectivity index (χ0n) is 40.3. The summed E-state index contributed by atoms with van der Waals surface area (Å²) in [6.45, 7) is 6.40. The Morgan fingerprint density at radius 2 is 0.885 bits per heavy atom. The molecule has 0 bridgehead atoms. The maximum Gasteiger partial charge on any atom is 0.306 e. The molecule has 0 aromatic rings. The van der Waals surface area contributed by atoms with Gasteiger partial charge in [-0.15, -0.1) is 0 Å². The summed E-state index contributed by atoms with van der Waals surface area (Å²) in [7, 11) is 0. The molecule has 0 aromatic heterocycles. The van der Waals surface area contributed by atoms with Gasteiger partial charge in [0, 0.05) is 6.42 Å². The molecule has 0 saturated heterocycles. The Bertz CT molecular complexity index is 1090. The number of carbonyl (C=O) groups excluding carboxylic acids is 2. The quantitative estimate of drug-likeness (QED) is 0.0245. The number of aliphatic hydroxyl groups excluding tert-OH is 2. The molecule has 0 aliphatic carbocycles. The molecule has 0 fully saturated rings. The molecule has 61 heavy (non-hydrogen) atoms. The third-order valence-corrected chi connectivity index (χ3v) is 11.6. The molecule has 3 N–H and O–H groups in total. The number of nitrogens with one attached hydrogen (secondary N) is 1. The molecular weight excluding hydrogens is 755 g/mol. The first-order valence-corrected chi connectivity index (χ1v) is 26.0. The molecule has 0 saturated carbocycles. The van der Waals surface area contributed by atoms with E-state index in [0.717, 1.165) is 96.3 Å². The monoisotopic (exact) mass is 854 g/mol. The Morgan fingerprint density at radius 1 is 0.492 bits per heavy atom. The van der Waals surface area contributed by atoms with Gasteiger partial charge < -0.3 is 20.3 Å². The van der Waals surface area contributed by atoms with E-state index in [1.54, 1.807) is 0 Å². The minimum atomic E-state index is -0.795. The van der Waals surface area contributed by atoms with Gasteiger partial charge in [0.15, 0.2) is 0 Å². The van der Waals surface area contributed by atoms with Crippen LogP contribution >= 0.6 is 0 Å². The molecule has 6 heteroatoms. The molecule has 1 amide bonds. The van der Waals surface area contributed by atoms with Crippen molar-refractivity contribution in [2.24, 2.45) is 0 Å². The number of esters is 1. The van der Waals surface area contributed by atoms with Crippen molar-refractivity contribution in [1.29, 1.82) is 0 Å². The van der Waals surface area contributed by atoms with E-state index in [1.807, 2.05) is 0 Å². The van der Waals surface area contributed by atoms with Crippen molar-refractivity contribution >= 4 is 11.9 Å². The molecule has 0 aliphatic rings. The first-order valence-electron chi connectivity index (χ1n) is 26.0. The number of aliphatic hydroxyl groups is 2. The van der Waals surface area contributed by atoms with Gasteiger partial charge in [0.2, 0.25) is 5.91 Å². The van der Waals surface area contributed by atoms with Crippen LogP contribution in [0.2, 0.25) is 0 Å². The van der Waals surface area contributed by atoms with Crippen LogP contribution in [0.1, 0.15) is 252 Å². The fraction of sp³-hybridized carbons (Fsp3) is 0.782. The number of rotatable bonds is 46. The van der Waals surface area contributed by atoms with Crippen molar-refractivity contribution in [2.75, 3.05) is 6.61 Å². The summed E-state index contributed by atoms with van der Waals surface area (Å²) < 4.78 is 5.92. The van der Waals surface area contributed by atoms with E-state index >= 15 is 0 Å². The van der Waals surface area contributed by atoms with Gasteiger partial charge in [-0.05, 0) is 89.9 Å². The highest BCUT2D eigenvalue weighted by Gasteiger charge is 2.24. The molecule has 3 unspecified atom stereocenters.